The van der Waals surface area contributed by atoms with Gasteiger partial charge in [-0.15, -0.1) is 0 Å². The maximum absolute atomic E-state index is 11.2. The van der Waals surface area contributed by atoms with Crippen molar-refractivity contribution in [3.05, 3.63) is 0 Å². The van der Waals surface area contributed by atoms with Gasteiger partial charge in [0.05, 0.1) is 11.4 Å². The van der Waals surface area contributed by atoms with Crippen LogP contribution in [-0.4, -0.2) is 11.7 Å². The summed E-state index contributed by atoms with van der Waals surface area (Å²) < 4.78 is 33.7. The maximum Gasteiger partial charge on any atom is 0.391 e. The number of nitrogens with two attached hydrogens (primary N) is 1. The first-order chi connectivity index (χ1) is 4.52. The molecule has 0 amide bonds. The van der Waals surface area contributed by atoms with Crippen molar-refractivity contribution in [3.63, 3.8) is 0 Å². The third-order valence-corrected chi connectivity index (χ3v) is 1.04. The van der Waals surface area contributed by atoms with Gasteiger partial charge >= 0.3 is 6.18 Å². The second-order valence-electron chi connectivity index (χ2n) is 1.95. The molecular weight excluding hydrogens is 163 g/mol. The summed E-state index contributed by atoms with van der Waals surface area (Å²) in [6, 6.07) is 0. The van der Waals surface area contributed by atoms with Crippen molar-refractivity contribution in [3.8, 4) is 0 Å². The first-order valence-corrected chi connectivity index (χ1v) is 3.21. The first-order valence-electron chi connectivity index (χ1n) is 2.74. The van der Waals surface area contributed by atoms with Gasteiger partial charge < -0.3 is 5.73 Å². The zero-order chi connectivity index (χ0) is 8.20. The van der Waals surface area contributed by atoms with E-state index in [1.165, 1.54) is 0 Å². The molecule has 1 aliphatic rings. The Hall–Kier alpha value is -0.320. The molecule has 1 rings (SSSR count). The summed E-state index contributed by atoms with van der Waals surface area (Å²) in [5.74, 6) is -0.951. The normalized spacial score (nSPS) is 17.1. The van der Waals surface area contributed by atoms with Crippen molar-refractivity contribution in [2.24, 2.45) is 11.7 Å². The number of thiocarbonyl (C=S) groups is 1. The van der Waals surface area contributed by atoms with E-state index < -0.39 is 12.1 Å². The number of hydrogen-bond acceptors (Lipinski definition) is 1. The number of rotatable bonds is 0. The largest absolute Gasteiger partial charge is 0.396 e. The fourth-order valence-electron chi connectivity index (χ4n) is 0.411. The zero-order valence-corrected chi connectivity index (χ0v) is 6.00. The minimum Gasteiger partial charge on any atom is -0.396 e. The molecular formula is C5H8F3NS. The van der Waals surface area contributed by atoms with E-state index in [9.17, 15) is 13.2 Å². The van der Waals surface area contributed by atoms with E-state index in [1.54, 1.807) is 0 Å². The quantitative estimate of drug-likeness (QED) is 0.563. The van der Waals surface area contributed by atoms with Crippen LogP contribution in [-0.2, 0) is 0 Å². The summed E-state index contributed by atoms with van der Waals surface area (Å²) >= 11 is 4.05. The molecule has 1 saturated carbocycles. The predicted octanol–water partition coefficient (Wildman–Crippen LogP) is 1.86. The first kappa shape index (κ1) is 9.68. The van der Waals surface area contributed by atoms with Crippen LogP contribution >= 0.6 is 12.2 Å². The van der Waals surface area contributed by atoms with Gasteiger partial charge in [0.1, 0.15) is 0 Å². The summed E-state index contributed by atoms with van der Waals surface area (Å²) in [4.78, 5) is 0. The molecule has 2 N–H and O–H groups in total. The smallest absolute Gasteiger partial charge is 0.391 e. The molecule has 0 bridgehead atoms. The molecule has 0 saturated heterocycles. The standard InChI is InChI=1S/C4H5F3.CH3NS/c5-4(6,7)3-1-2-3;2-1-3/h3H,1-2H2;1H,(H2,2,3). The van der Waals surface area contributed by atoms with Crippen LogP contribution in [0.2, 0.25) is 0 Å². The number of hydrogen-bond donors (Lipinski definition) is 1. The van der Waals surface area contributed by atoms with Crippen LogP contribution in [0.15, 0.2) is 0 Å². The van der Waals surface area contributed by atoms with E-state index in [2.05, 4.69) is 18.0 Å². The minimum atomic E-state index is -3.89. The highest BCUT2D eigenvalue weighted by molar-refractivity contribution is 7.78. The van der Waals surface area contributed by atoms with Crippen LogP contribution in [0.1, 0.15) is 12.8 Å². The van der Waals surface area contributed by atoms with Crippen molar-refractivity contribution >= 4 is 17.7 Å². The monoisotopic (exact) mass is 171 g/mol. The molecule has 10 heavy (non-hydrogen) atoms. The molecule has 0 aromatic rings. The van der Waals surface area contributed by atoms with Crippen molar-refractivity contribution in [2.45, 2.75) is 19.0 Å². The van der Waals surface area contributed by atoms with Gasteiger partial charge in [0.15, 0.2) is 0 Å². The molecule has 1 aliphatic carbocycles. The second kappa shape index (κ2) is 3.75. The highest BCUT2D eigenvalue weighted by Crippen LogP contribution is 2.43. The molecule has 0 aliphatic heterocycles. The van der Waals surface area contributed by atoms with E-state index in [-0.39, 0.29) is 0 Å². The average Bonchev–Trinajstić information content (AvgIpc) is 2.40. The summed E-state index contributed by atoms with van der Waals surface area (Å²) in [6.45, 7) is 0. The lowest BCUT2D eigenvalue weighted by molar-refractivity contribution is -0.147. The predicted molar refractivity (Wildman–Crippen MR) is 36.6 cm³/mol. The van der Waals surface area contributed by atoms with E-state index >= 15 is 0 Å². The Morgan fingerprint density at radius 2 is 1.70 bits per heavy atom. The summed E-state index contributed by atoms with van der Waals surface area (Å²) in [5, 5.41) is 0. The van der Waals surface area contributed by atoms with Crippen molar-refractivity contribution in [1.29, 1.82) is 0 Å². The Balaban J connectivity index is 0.000000236. The summed E-state index contributed by atoms with van der Waals surface area (Å²) in [7, 11) is 0. The highest BCUT2D eigenvalue weighted by atomic mass is 32.1. The maximum atomic E-state index is 11.2. The van der Waals surface area contributed by atoms with Gasteiger partial charge in [-0.25, -0.2) is 0 Å². The van der Waals surface area contributed by atoms with Gasteiger partial charge in [-0.3, -0.25) is 0 Å². The van der Waals surface area contributed by atoms with E-state index in [4.69, 9.17) is 0 Å². The van der Waals surface area contributed by atoms with Gasteiger partial charge in [-0.2, -0.15) is 13.2 Å². The number of alkyl halides is 3. The Morgan fingerprint density at radius 3 is 1.70 bits per heavy atom. The third kappa shape index (κ3) is 4.55. The lowest BCUT2D eigenvalue weighted by Crippen LogP contribution is -2.08. The molecule has 0 spiro atoms. The van der Waals surface area contributed by atoms with Crippen LogP contribution in [0.4, 0.5) is 13.2 Å². The van der Waals surface area contributed by atoms with E-state index in [0.717, 1.165) is 5.49 Å². The fourth-order valence-corrected chi connectivity index (χ4v) is 0.411. The third-order valence-electron chi connectivity index (χ3n) is 1.04. The van der Waals surface area contributed by atoms with Gasteiger partial charge in [0.2, 0.25) is 0 Å². The SMILES string of the molecule is FC(F)(F)C1CC1.NC=S. The lowest BCUT2D eigenvalue weighted by Gasteiger charge is -1.99. The second-order valence-corrected chi connectivity index (χ2v) is 2.22. The summed E-state index contributed by atoms with van der Waals surface area (Å²) in [6.07, 6.45) is -3.19. The Labute approximate surface area is 62.4 Å². The highest BCUT2D eigenvalue weighted by Gasteiger charge is 2.46. The Morgan fingerprint density at radius 1 is 1.40 bits per heavy atom. The number of halogens is 3. The Kier molecular flexibility index (Phi) is 3.63. The van der Waals surface area contributed by atoms with Gasteiger partial charge in [-0.05, 0) is 12.8 Å². The minimum absolute atomic E-state index is 0.351. The van der Waals surface area contributed by atoms with Crippen LogP contribution in [0.3, 0.4) is 0 Å². The molecule has 1 nitrogen and oxygen atoms in total. The molecule has 1 fully saturated rings. The molecule has 0 aromatic carbocycles. The lowest BCUT2D eigenvalue weighted by atomic mass is 10.4. The molecule has 0 atom stereocenters. The van der Waals surface area contributed by atoms with E-state index in [1.807, 2.05) is 0 Å². The topological polar surface area (TPSA) is 26.0 Å². The van der Waals surface area contributed by atoms with Gasteiger partial charge in [0, 0.05) is 0 Å². The zero-order valence-electron chi connectivity index (χ0n) is 5.19. The van der Waals surface area contributed by atoms with Crippen LogP contribution in [0.5, 0.6) is 0 Å². The van der Waals surface area contributed by atoms with Gasteiger partial charge in [-0.1, -0.05) is 12.2 Å². The average molecular weight is 171 g/mol. The molecule has 0 heterocycles. The molecule has 0 aromatic heterocycles. The fraction of sp³-hybridized carbons (Fsp3) is 0.800. The van der Waals surface area contributed by atoms with Crippen LogP contribution in [0, 0.1) is 5.92 Å². The van der Waals surface area contributed by atoms with Crippen molar-refractivity contribution in [2.75, 3.05) is 0 Å². The molecule has 5 heteroatoms. The molecule has 0 radical (unpaired) electrons. The van der Waals surface area contributed by atoms with Crippen LogP contribution < -0.4 is 5.73 Å². The molecule has 60 valence electrons. The van der Waals surface area contributed by atoms with Crippen molar-refractivity contribution in [1.82, 2.24) is 0 Å². The molecule has 0 unspecified atom stereocenters. The van der Waals surface area contributed by atoms with E-state index in [0.29, 0.717) is 12.8 Å². The summed E-state index contributed by atoms with van der Waals surface area (Å²) in [5.41, 5.74) is 5.62. The Bertz CT molecular complexity index is 108. The van der Waals surface area contributed by atoms with Crippen molar-refractivity contribution < 1.29 is 13.2 Å². The van der Waals surface area contributed by atoms with Gasteiger partial charge in [0.25, 0.3) is 0 Å². The van der Waals surface area contributed by atoms with Crippen LogP contribution in [0.25, 0.3) is 0 Å².